The van der Waals surface area contributed by atoms with E-state index in [-0.39, 0.29) is 12.4 Å². The Bertz CT molecular complexity index is 1010. The van der Waals surface area contributed by atoms with Crippen LogP contribution in [0.3, 0.4) is 0 Å². The fourth-order valence-electron chi connectivity index (χ4n) is 2.56. The Morgan fingerprint density at radius 2 is 1.96 bits per heavy atom. The Kier molecular flexibility index (Phi) is 5.43. The van der Waals surface area contributed by atoms with Crippen molar-refractivity contribution in [3.05, 3.63) is 76.1 Å². The number of amides is 1. The Balaban J connectivity index is 1.66. The van der Waals surface area contributed by atoms with Crippen molar-refractivity contribution in [2.75, 3.05) is 5.32 Å². The monoisotopic (exact) mass is 380 g/mol. The molecule has 0 saturated heterocycles. The first-order valence-electron chi connectivity index (χ1n) is 8.21. The van der Waals surface area contributed by atoms with Gasteiger partial charge in [0.25, 0.3) is 5.91 Å². The Hall–Kier alpha value is -3.30. The van der Waals surface area contributed by atoms with E-state index in [1.165, 1.54) is 4.68 Å². The van der Waals surface area contributed by atoms with Gasteiger partial charge in [-0.15, -0.1) is 0 Å². The number of rotatable bonds is 5. The Labute approximate surface area is 161 Å². The lowest BCUT2D eigenvalue weighted by Gasteiger charge is -2.10. The van der Waals surface area contributed by atoms with Crippen molar-refractivity contribution in [2.45, 2.75) is 20.6 Å². The van der Waals surface area contributed by atoms with Crippen molar-refractivity contribution in [3.63, 3.8) is 0 Å². The van der Waals surface area contributed by atoms with Gasteiger partial charge in [-0.2, -0.15) is 10.4 Å². The normalized spacial score (nSPS) is 10.3. The zero-order chi connectivity index (χ0) is 19.4. The van der Waals surface area contributed by atoms with Crippen LogP contribution in [0.15, 0.2) is 48.7 Å². The molecule has 3 aromatic rings. The highest BCUT2D eigenvalue weighted by molar-refractivity contribution is 6.32. The second-order valence-corrected chi connectivity index (χ2v) is 6.37. The zero-order valence-electron chi connectivity index (χ0n) is 14.9. The van der Waals surface area contributed by atoms with Crippen LogP contribution in [-0.4, -0.2) is 15.7 Å². The SMILES string of the molecule is Cc1cc(OCn2ccc(C(=O)Nc3ccccc3C#N)n2)cc(C)c1Cl. The number of anilines is 1. The molecule has 7 heteroatoms. The molecule has 3 rings (SSSR count). The number of nitriles is 1. The highest BCUT2D eigenvalue weighted by Gasteiger charge is 2.12. The lowest BCUT2D eigenvalue weighted by Crippen LogP contribution is -2.15. The number of halogens is 1. The van der Waals surface area contributed by atoms with Crippen molar-refractivity contribution >= 4 is 23.2 Å². The summed E-state index contributed by atoms with van der Waals surface area (Å²) in [5.74, 6) is 0.286. The molecule has 0 fully saturated rings. The summed E-state index contributed by atoms with van der Waals surface area (Å²) in [7, 11) is 0. The zero-order valence-corrected chi connectivity index (χ0v) is 15.6. The summed E-state index contributed by atoms with van der Waals surface area (Å²) in [6.45, 7) is 3.98. The molecule has 0 atom stereocenters. The lowest BCUT2D eigenvalue weighted by molar-refractivity contribution is 0.102. The van der Waals surface area contributed by atoms with Gasteiger partial charge >= 0.3 is 0 Å². The summed E-state index contributed by atoms with van der Waals surface area (Å²) in [5, 5.41) is 16.7. The molecule has 0 aliphatic heterocycles. The topological polar surface area (TPSA) is 79.9 Å². The molecule has 27 heavy (non-hydrogen) atoms. The van der Waals surface area contributed by atoms with Crippen LogP contribution in [0.4, 0.5) is 5.69 Å². The van der Waals surface area contributed by atoms with Crippen LogP contribution >= 0.6 is 11.6 Å². The van der Waals surface area contributed by atoms with Crippen LogP contribution in [0, 0.1) is 25.2 Å². The van der Waals surface area contributed by atoms with Crippen LogP contribution in [0.25, 0.3) is 0 Å². The van der Waals surface area contributed by atoms with E-state index >= 15 is 0 Å². The summed E-state index contributed by atoms with van der Waals surface area (Å²) >= 11 is 6.16. The maximum absolute atomic E-state index is 12.3. The minimum absolute atomic E-state index is 0.155. The molecule has 1 N–H and O–H groups in total. The van der Waals surface area contributed by atoms with Crippen LogP contribution in [-0.2, 0) is 6.73 Å². The molecule has 2 aromatic carbocycles. The van der Waals surface area contributed by atoms with Gasteiger partial charge in [-0.3, -0.25) is 4.79 Å². The maximum Gasteiger partial charge on any atom is 0.276 e. The summed E-state index contributed by atoms with van der Waals surface area (Å²) in [6, 6.07) is 14.1. The number of ether oxygens (including phenoxy) is 1. The predicted molar refractivity (Wildman–Crippen MR) is 103 cm³/mol. The predicted octanol–water partition coefficient (Wildman–Crippen LogP) is 4.31. The molecule has 0 aliphatic carbocycles. The molecule has 0 spiro atoms. The summed E-state index contributed by atoms with van der Waals surface area (Å²) in [5.41, 5.74) is 2.94. The van der Waals surface area contributed by atoms with Crippen LogP contribution in [0.2, 0.25) is 5.02 Å². The van der Waals surface area contributed by atoms with Gasteiger partial charge in [-0.25, -0.2) is 4.68 Å². The van der Waals surface area contributed by atoms with Crippen LogP contribution in [0.1, 0.15) is 27.2 Å². The second kappa shape index (κ2) is 7.94. The van der Waals surface area contributed by atoms with E-state index in [1.807, 2.05) is 32.0 Å². The smallest absolute Gasteiger partial charge is 0.276 e. The van der Waals surface area contributed by atoms with Crippen LogP contribution in [0.5, 0.6) is 5.75 Å². The number of nitrogens with one attached hydrogen (secondary N) is 1. The number of carbonyl (C=O) groups excluding carboxylic acids is 1. The number of hydrogen-bond acceptors (Lipinski definition) is 4. The highest BCUT2D eigenvalue weighted by Crippen LogP contribution is 2.26. The summed E-state index contributed by atoms with van der Waals surface area (Å²) in [4.78, 5) is 12.3. The number of carbonyl (C=O) groups is 1. The summed E-state index contributed by atoms with van der Waals surface area (Å²) in [6.07, 6.45) is 1.65. The molecule has 1 amide bonds. The standard InChI is InChI=1S/C20H17ClN4O2/c1-13-9-16(10-14(2)19(13)21)27-12-25-8-7-18(24-25)20(26)23-17-6-4-3-5-15(17)11-22/h3-10H,12H2,1-2H3,(H,23,26). The first kappa shape index (κ1) is 18.5. The minimum atomic E-state index is -0.394. The first-order valence-corrected chi connectivity index (χ1v) is 8.59. The molecule has 0 unspecified atom stereocenters. The molecule has 1 aromatic heterocycles. The lowest BCUT2D eigenvalue weighted by atomic mass is 10.1. The fraction of sp³-hybridized carbons (Fsp3) is 0.150. The van der Waals surface area contributed by atoms with Crippen molar-refractivity contribution in [2.24, 2.45) is 0 Å². The van der Waals surface area contributed by atoms with E-state index in [2.05, 4.69) is 10.4 Å². The van der Waals surface area contributed by atoms with E-state index in [4.69, 9.17) is 21.6 Å². The van der Waals surface area contributed by atoms with E-state index in [1.54, 1.807) is 36.5 Å². The molecule has 1 heterocycles. The number of aryl methyl sites for hydroxylation is 2. The number of nitrogens with zero attached hydrogens (tertiary/aromatic N) is 3. The number of para-hydroxylation sites is 1. The summed E-state index contributed by atoms with van der Waals surface area (Å²) < 4.78 is 7.24. The van der Waals surface area contributed by atoms with E-state index in [0.717, 1.165) is 16.1 Å². The van der Waals surface area contributed by atoms with E-state index in [0.29, 0.717) is 17.0 Å². The quantitative estimate of drug-likeness (QED) is 0.715. The third kappa shape index (κ3) is 4.27. The maximum atomic E-state index is 12.3. The van der Waals surface area contributed by atoms with Gasteiger partial charge in [0.05, 0.1) is 11.3 Å². The van der Waals surface area contributed by atoms with Crippen LogP contribution < -0.4 is 10.1 Å². The van der Waals surface area contributed by atoms with Gasteiger partial charge in [0, 0.05) is 11.2 Å². The minimum Gasteiger partial charge on any atom is -0.471 e. The van der Waals surface area contributed by atoms with Gasteiger partial charge in [-0.05, 0) is 55.3 Å². The van der Waals surface area contributed by atoms with E-state index in [9.17, 15) is 4.79 Å². The van der Waals surface area contributed by atoms with Crippen molar-refractivity contribution < 1.29 is 9.53 Å². The van der Waals surface area contributed by atoms with Gasteiger partial charge in [0.2, 0.25) is 0 Å². The van der Waals surface area contributed by atoms with Crippen molar-refractivity contribution in [1.82, 2.24) is 9.78 Å². The molecule has 0 radical (unpaired) electrons. The molecular weight excluding hydrogens is 364 g/mol. The second-order valence-electron chi connectivity index (χ2n) is 6.00. The van der Waals surface area contributed by atoms with Crippen molar-refractivity contribution in [3.8, 4) is 11.8 Å². The largest absolute Gasteiger partial charge is 0.471 e. The average Bonchev–Trinajstić information content (AvgIpc) is 3.14. The van der Waals surface area contributed by atoms with E-state index < -0.39 is 5.91 Å². The highest BCUT2D eigenvalue weighted by atomic mass is 35.5. The van der Waals surface area contributed by atoms with Gasteiger partial charge < -0.3 is 10.1 Å². The molecular formula is C20H17ClN4O2. The fourth-order valence-corrected chi connectivity index (χ4v) is 2.67. The van der Waals surface area contributed by atoms with Crippen molar-refractivity contribution in [1.29, 1.82) is 5.26 Å². The number of benzene rings is 2. The molecule has 136 valence electrons. The Morgan fingerprint density at radius 3 is 2.67 bits per heavy atom. The molecule has 0 bridgehead atoms. The molecule has 6 nitrogen and oxygen atoms in total. The van der Waals surface area contributed by atoms with Gasteiger partial charge in [0.1, 0.15) is 11.8 Å². The van der Waals surface area contributed by atoms with Gasteiger partial charge in [0.15, 0.2) is 12.4 Å². The first-order chi connectivity index (χ1) is 13.0. The molecule has 0 saturated carbocycles. The third-order valence-corrected chi connectivity index (χ3v) is 4.54. The molecule has 0 aliphatic rings. The Morgan fingerprint density at radius 1 is 1.26 bits per heavy atom. The average molecular weight is 381 g/mol. The number of aromatic nitrogens is 2. The number of hydrogen-bond donors (Lipinski definition) is 1. The third-order valence-electron chi connectivity index (χ3n) is 3.94. The van der Waals surface area contributed by atoms with Gasteiger partial charge in [-0.1, -0.05) is 23.7 Å².